The number of nitro groups is 1. The molecule has 0 spiro atoms. The van der Waals surface area contributed by atoms with E-state index in [1.54, 1.807) is 0 Å². The first kappa shape index (κ1) is 8.63. The maximum atomic E-state index is 10.2. The molecule has 0 aliphatic rings. The van der Waals surface area contributed by atoms with Gasteiger partial charge in [0.1, 0.15) is 6.54 Å². The van der Waals surface area contributed by atoms with Gasteiger partial charge in [-0.1, -0.05) is 0 Å². The highest BCUT2D eigenvalue weighted by Crippen LogP contribution is 1.84. The Balaban J connectivity index is 3.98. The van der Waals surface area contributed by atoms with E-state index in [1.165, 1.54) is 0 Å². The van der Waals surface area contributed by atoms with E-state index >= 15 is 0 Å². The van der Waals surface area contributed by atoms with Crippen LogP contribution in [-0.4, -0.2) is 29.2 Å². The molecule has 0 fully saturated rings. The predicted molar refractivity (Wildman–Crippen MR) is 32.3 cm³/mol. The fourth-order valence-electron chi connectivity index (χ4n) is 0.395. The lowest BCUT2D eigenvalue weighted by molar-refractivity contribution is -0.631. The van der Waals surface area contributed by atoms with Crippen LogP contribution >= 0.6 is 0 Å². The molecule has 4 N–H and O–H groups in total. The van der Waals surface area contributed by atoms with E-state index in [0.29, 0.717) is 0 Å². The van der Waals surface area contributed by atoms with Crippen LogP contribution in [0.1, 0.15) is 0 Å². The third-order valence-electron chi connectivity index (χ3n) is 0.792. The Kier molecular flexibility index (Phi) is 3.12. The van der Waals surface area contributed by atoms with Crippen molar-refractivity contribution in [1.29, 1.82) is 0 Å². The van der Waals surface area contributed by atoms with E-state index in [9.17, 15) is 14.9 Å². The van der Waals surface area contributed by atoms with Crippen LogP contribution in [-0.2, 0) is 0 Å². The van der Waals surface area contributed by atoms with Gasteiger partial charge in [0, 0.05) is 6.54 Å². The first-order valence-electron chi connectivity index (χ1n) is 2.51. The highest BCUT2D eigenvalue weighted by molar-refractivity contribution is 5.70. The van der Waals surface area contributed by atoms with Crippen molar-refractivity contribution >= 4 is 6.03 Å². The van der Waals surface area contributed by atoms with Crippen molar-refractivity contribution in [2.24, 2.45) is 11.5 Å². The number of nitrogens with two attached hydrogens (primary N) is 2. The number of hydrazine groups is 1. The van der Waals surface area contributed by atoms with Gasteiger partial charge in [0.05, 0.1) is 0 Å². The Morgan fingerprint density at radius 2 is 2.20 bits per heavy atom. The Morgan fingerprint density at radius 1 is 1.70 bits per heavy atom. The lowest BCUT2D eigenvalue weighted by Crippen LogP contribution is -2.43. The Morgan fingerprint density at radius 3 is 2.30 bits per heavy atom. The normalized spacial score (nSPS) is 8.90. The van der Waals surface area contributed by atoms with E-state index in [2.05, 4.69) is 5.73 Å². The van der Waals surface area contributed by atoms with Crippen LogP contribution < -0.4 is 11.5 Å². The lowest BCUT2D eigenvalue weighted by atomic mass is 10.6. The minimum Gasteiger partial charge on any atom is -0.347 e. The maximum Gasteiger partial charge on any atom is 0.372 e. The van der Waals surface area contributed by atoms with Crippen molar-refractivity contribution in [1.82, 2.24) is 5.01 Å². The molecule has 10 heavy (non-hydrogen) atoms. The smallest absolute Gasteiger partial charge is 0.347 e. The molecule has 0 aliphatic carbocycles. The zero-order valence-corrected chi connectivity index (χ0v) is 5.19. The summed E-state index contributed by atoms with van der Waals surface area (Å²) >= 11 is 0. The Bertz CT molecular complexity index is 133. The zero-order chi connectivity index (χ0) is 8.15. The van der Waals surface area contributed by atoms with E-state index in [-0.39, 0.29) is 18.1 Å². The van der Waals surface area contributed by atoms with Crippen LogP contribution in [0.3, 0.4) is 0 Å². The molecule has 0 aliphatic heterocycles. The second-order valence-corrected chi connectivity index (χ2v) is 1.49. The third-order valence-corrected chi connectivity index (χ3v) is 0.792. The fraction of sp³-hybridized carbons (Fsp3) is 0.667. The first-order valence-corrected chi connectivity index (χ1v) is 2.51. The predicted octanol–water partition coefficient (Wildman–Crippen LogP) is -1.48. The number of primary amides is 1. The van der Waals surface area contributed by atoms with E-state index in [1.807, 2.05) is 0 Å². The van der Waals surface area contributed by atoms with Gasteiger partial charge in [-0.25, -0.2) is 14.9 Å². The van der Waals surface area contributed by atoms with Crippen molar-refractivity contribution in [3.63, 3.8) is 0 Å². The number of amides is 2. The quantitative estimate of drug-likeness (QED) is 0.375. The van der Waals surface area contributed by atoms with Crippen LogP contribution in [0.4, 0.5) is 4.79 Å². The molecule has 0 aromatic carbocycles. The van der Waals surface area contributed by atoms with E-state index < -0.39 is 11.1 Å². The third kappa shape index (κ3) is 2.27. The number of hydrogen-bond donors (Lipinski definition) is 2. The standard InChI is InChI=1S/C3H8N4O3/c4-1-2-6(3(5)8)7(9)10/h1-2,4H2,(H2,5,8). The van der Waals surface area contributed by atoms with Crippen molar-refractivity contribution in [3.05, 3.63) is 10.1 Å². The second kappa shape index (κ2) is 3.62. The first-order chi connectivity index (χ1) is 4.59. The van der Waals surface area contributed by atoms with Gasteiger partial charge in [-0.05, 0) is 5.01 Å². The molecule has 0 atom stereocenters. The van der Waals surface area contributed by atoms with Gasteiger partial charge in [-0.2, -0.15) is 0 Å². The molecule has 0 rings (SSSR count). The maximum absolute atomic E-state index is 10.2. The molecule has 0 aromatic heterocycles. The van der Waals surface area contributed by atoms with Gasteiger partial charge < -0.3 is 11.5 Å². The molecule has 7 heteroatoms. The van der Waals surface area contributed by atoms with Gasteiger partial charge >= 0.3 is 6.03 Å². The zero-order valence-electron chi connectivity index (χ0n) is 5.19. The average molecular weight is 148 g/mol. The van der Waals surface area contributed by atoms with Crippen LogP contribution in [0.25, 0.3) is 0 Å². The van der Waals surface area contributed by atoms with E-state index in [0.717, 1.165) is 0 Å². The van der Waals surface area contributed by atoms with Crippen molar-refractivity contribution in [2.45, 2.75) is 0 Å². The fourth-order valence-corrected chi connectivity index (χ4v) is 0.395. The Labute approximate surface area is 56.7 Å². The van der Waals surface area contributed by atoms with Crippen LogP contribution in [0.5, 0.6) is 0 Å². The number of nitrogens with zero attached hydrogens (tertiary/aromatic N) is 2. The molecular formula is C3H8N4O3. The molecular weight excluding hydrogens is 140 g/mol. The molecule has 0 heterocycles. The molecule has 2 amide bonds. The van der Waals surface area contributed by atoms with Crippen LogP contribution in [0, 0.1) is 10.1 Å². The minimum atomic E-state index is -1.10. The molecule has 0 aromatic rings. The number of carbonyl (C=O) groups excluding carboxylic acids is 1. The van der Waals surface area contributed by atoms with Crippen molar-refractivity contribution < 1.29 is 9.83 Å². The topological polar surface area (TPSA) is 115 Å². The van der Waals surface area contributed by atoms with Crippen LogP contribution in [0.15, 0.2) is 0 Å². The summed E-state index contributed by atoms with van der Waals surface area (Å²) in [5.74, 6) is 0. The summed E-state index contributed by atoms with van der Waals surface area (Å²) in [6, 6.07) is -1.10. The van der Waals surface area contributed by atoms with Gasteiger partial charge in [0.15, 0.2) is 5.03 Å². The number of hydrogen-bond acceptors (Lipinski definition) is 4. The summed E-state index contributed by atoms with van der Waals surface area (Å²) in [6.45, 7) is -0.147. The molecule has 0 unspecified atom stereocenters. The summed E-state index contributed by atoms with van der Waals surface area (Å²) < 4.78 is 0. The summed E-state index contributed by atoms with van der Waals surface area (Å²) in [7, 11) is 0. The minimum absolute atomic E-state index is 0.0178. The summed E-state index contributed by atoms with van der Waals surface area (Å²) in [4.78, 5) is 20.1. The Hall–Kier alpha value is -1.37. The highest BCUT2D eigenvalue weighted by atomic mass is 16.7. The highest BCUT2D eigenvalue weighted by Gasteiger charge is 2.18. The van der Waals surface area contributed by atoms with Gasteiger partial charge in [-0.3, -0.25) is 0 Å². The SMILES string of the molecule is NCCN(C(N)=O)[N+](=O)[O-]. The van der Waals surface area contributed by atoms with E-state index in [4.69, 9.17) is 5.73 Å². The average Bonchev–Trinajstić information content (AvgIpc) is 1.81. The molecule has 58 valence electrons. The second-order valence-electron chi connectivity index (χ2n) is 1.49. The van der Waals surface area contributed by atoms with Gasteiger partial charge in [-0.15, -0.1) is 0 Å². The molecule has 0 radical (unpaired) electrons. The van der Waals surface area contributed by atoms with Crippen molar-refractivity contribution in [2.75, 3.05) is 13.1 Å². The molecule has 0 saturated carbocycles. The summed E-state index contributed by atoms with van der Waals surface area (Å²) in [5.41, 5.74) is 9.56. The number of carbonyl (C=O) groups is 1. The number of rotatable bonds is 3. The number of urea groups is 1. The lowest BCUT2D eigenvalue weighted by Gasteiger charge is -2.06. The molecule has 0 bridgehead atoms. The van der Waals surface area contributed by atoms with Crippen LogP contribution in [0.2, 0.25) is 0 Å². The summed E-state index contributed by atoms with van der Waals surface area (Å²) in [5, 5.41) is 9.26. The molecule has 0 saturated heterocycles. The monoisotopic (exact) mass is 148 g/mol. The van der Waals surface area contributed by atoms with Gasteiger partial charge in [0.2, 0.25) is 0 Å². The van der Waals surface area contributed by atoms with Crippen molar-refractivity contribution in [3.8, 4) is 0 Å². The van der Waals surface area contributed by atoms with Gasteiger partial charge in [0.25, 0.3) is 0 Å². The molecule has 7 nitrogen and oxygen atoms in total. The summed E-state index contributed by atoms with van der Waals surface area (Å²) in [6.07, 6.45) is 0. The largest absolute Gasteiger partial charge is 0.372 e.